The van der Waals surface area contributed by atoms with E-state index in [0.29, 0.717) is 11.7 Å². The molecule has 0 N–H and O–H groups in total. The Balaban J connectivity index is 1.21. The molecule has 156 valence electrons. The lowest BCUT2D eigenvalue weighted by atomic mass is 9.87. The molecule has 6 heteroatoms. The summed E-state index contributed by atoms with van der Waals surface area (Å²) in [5, 5.41) is 0. The Kier molecular flexibility index (Phi) is 5.48. The molecule has 0 spiro atoms. The smallest absolute Gasteiger partial charge is 0.251 e. The average Bonchev–Trinajstić information content (AvgIpc) is 3.08. The third-order valence-electron chi connectivity index (χ3n) is 6.83. The molecule has 0 radical (unpaired) electrons. The predicted molar refractivity (Wildman–Crippen MR) is 120 cm³/mol. The molecule has 2 aromatic carbocycles. The first-order valence-electron chi connectivity index (χ1n) is 10.8. The van der Waals surface area contributed by atoms with Gasteiger partial charge in [-0.25, -0.2) is 4.90 Å². The number of hydrogen-bond donors (Lipinski definition) is 0. The molecule has 3 aliphatic rings. The predicted octanol–water partition coefficient (Wildman–Crippen LogP) is 3.26. The maximum absolute atomic E-state index is 13.1. The number of amides is 2. The zero-order chi connectivity index (χ0) is 20.7. The highest BCUT2D eigenvalue weighted by molar-refractivity contribution is 9.10. The molecule has 2 atom stereocenters. The summed E-state index contributed by atoms with van der Waals surface area (Å²) in [6.07, 6.45) is 3.76. The van der Waals surface area contributed by atoms with Crippen LogP contribution in [-0.2, 0) is 22.4 Å². The molecule has 0 saturated carbocycles. The summed E-state index contributed by atoms with van der Waals surface area (Å²) in [5.74, 6) is -0.180. The molecule has 0 aromatic heterocycles. The highest BCUT2D eigenvalue weighted by Crippen LogP contribution is 2.29. The fraction of sp³-hybridized carbons (Fsp3) is 0.417. The van der Waals surface area contributed by atoms with E-state index >= 15 is 0 Å². The second-order valence-electron chi connectivity index (χ2n) is 8.50. The van der Waals surface area contributed by atoms with Crippen LogP contribution in [0.4, 0.5) is 5.69 Å². The van der Waals surface area contributed by atoms with Gasteiger partial charge in [-0.15, -0.1) is 0 Å². The van der Waals surface area contributed by atoms with E-state index in [1.807, 2.05) is 24.3 Å². The lowest BCUT2D eigenvalue weighted by Gasteiger charge is -2.42. The summed E-state index contributed by atoms with van der Waals surface area (Å²) < 4.78 is 0.934. The number of halogens is 1. The summed E-state index contributed by atoms with van der Waals surface area (Å²) in [4.78, 5) is 31.8. The molecule has 0 bridgehead atoms. The molecule has 2 amide bonds. The largest absolute Gasteiger partial charge is 0.298 e. The first-order valence-corrected chi connectivity index (χ1v) is 11.6. The Morgan fingerprint density at radius 1 is 0.800 bits per heavy atom. The van der Waals surface area contributed by atoms with Crippen LogP contribution in [0.15, 0.2) is 53.0 Å². The molecule has 2 aromatic rings. The van der Waals surface area contributed by atoms with Gasteiger partial charge >= 0.3 is 0 Å². The van der Waals surface area contributed by atoms with Crippen LogP contribution in [0.1, 0.15) is 24.0 Å². The monoisotopic (exact) mass is 467 g/mol. The van der Waals surface area contributed by atoms with E-state index in [4.69, 9.17) is 0 Å². The van der Waals surface area contributed by atoms with Gasteiger partial charge in [-0.2, -0.15) is 0 Å². The van der Waals surface area contributed by atoms with Gasteiger partial charge in [-0.05, 0) is 54.7 Å². The summed E-state index contributed by atoms with van der Waals surface area (Å²) in [6.45, 7) is 3.61. The molecule has 1 aliphatic carbocycles. The van der Waals surface area contributed by atoms with Crippen LogP contribution < -0.4 is 4.90 Å². The Hall–Kier alpha value is -2.02. The third kappa shape index (κ3) is 3.72. The van der Waals surface area contributed by atoms with E-state index in [1.54, 1.807) is 0 Å². The molecule has 0 unspecified atom stereocenters. The molecule has 5 nitrogen and oxygen atoms in total. The highest BCUT2D eigenvalue weighted by Gasteiger charge is 2.43. The number of hydrogen-bond acceptors (Lipinski definition) is 4. The van der Waals surface area contributed by atoms with Crippen LogP contribution in [0.3, 0.4) is 0 Å². The van der Waals surface area contributed by atoms with E-state index in [0.717, 1.165) is 43.5 Å². The zero-order valence-corrected chi connectivity index (χ0v) is 18.6. The normalized spacial score (nSPS) is 25.6. The molecule has 2 saturated heterocycles. The van der Waals surface area contributed by atoms with Crippen molar-refractivity contribution in [3.8, 4) is 0 Å². The van der Waals surface area contributed by atoms with Crippen LogP contribution >= 0.6 is 15.9 Å². The number of piperazine rings is 1. The Morgan fingerprint density at radius 3 is 2.20 bits per heavy atom. The number of imide groups is 1. The minimum Gasteiger partial charge on any atom is -0.298 e. The van der Waals surface area contributed by atoms with Crippen molar-refractivity contribution in [2.75, 3.05) is 31.1 Å². The first kappa shape index (κ1) is 19.9. The highest BCUT2D eigenvalue weighted by atomic mass is 79.9. The fourth-order valence-electron chi connectivity index (χ4n) is 5.17. The Labute approximate surface area is 185 Å². The Bertz CT molecular complexity index is 953. The minimum absolute atomic E-state index is 0.0811. The number of anilines is 1. The van der Waals surface area contributed by atoms with Crippen LogP contribution in [0.25, 0.3) is 0 Å². The van der Waals surface area contributed by atoms with Gasteiger partial charge in [-0.1, -0.05) is 40.2 Å². The lowest BCUT2D eigenvalue weighted by Crippen LogP contribution is -2.55. The first-order chi connectivity index (χ1) is 14.6. The molecule has 5 rings (SSSR count). The van der Waals surface area contributed by atoms with Crippen molar-refractivity contribution in [2.24, 2.45) is 0 Å². The van der Waals surface area contributed by atoms with Gasteiger partial charge < -0.3 is 0 Å². The van der Waals surface area contributed by atoms with Crippen molar-refractivity contribution in [3.05, 3.63) is 64.1 Å². The second-order valence-corrected chi connectivity index (χ2v) is 9.42. The van der Waals surface area contributed by atoms with E-state index in [1.165, 1.54) is 22.4 Å². The Morgan fingerprint density at radius 2 is 1.47 bits per heavy atom. The van der Waals surface area contributed by atoms with Crippen molar-refractivity contribution in [2.45, 2.75) is 37.8 Å². The third-order valence-corrected chi connectivity index (χ3v) is 7.36. The topological polar surface area (TPSA) is 43.9 Å². The maximum atomic E-state index is 13.1. The number of rotatable bonds is 3. The maximum Gasteiger partial charge on any atom is 0.251 e. The average molecular weight is 468 g/mol. The summed E-state index contributed by atoms with van der Waals surface area (Å²) in [5.41, 5.74) is 3.64. The molecule has 2 aliphatic heterocycles. The molecular formula is C24H26BrN3O2. The number of carbonyl (C=O) groups is 2. The van der Waals surface area contributed by atoms with Crippen molar-refractivity contribution < 1.29 is 9.59 Å². The molecular weight excluding hydrogens is 442 g/mol. The SMILES string of the molecule is O=C1C[C@H](N2CCN([C@@H]3CCc4ccccc4C3)CC2)C(=O)N1c1ccc(Br)cc1. The fourth-order valence-corrected chi connectivity index (χ4v) is 5.43. The molecule has 2 heterocycles. The van der Waals surface area contributed by atoms with E-state index < -0.39 is 0 Å². The molecule has 2 fully saturated rings. The standard InChI is InChI=1S/C24H26BrN3O2/c25-19-6-9-20(10-7-19)28-23(29)16-22(24(28)30)27-13-11-26(12-14-27)21-8-5-17-3-1-2-4-18(17)15-21/h1-4,6-7,9-10,21-22H,5,8,11-16H2/t21-,22+/m1/s1. The number of fused-ring (bicyclic) bond motifs is 1. The van der Waals surface area contributed by atoms with Crippen molar-refractivity contribution in [1.82, 2.24) is 9.80 Å². The summed E-state index contributed by atoms with van der Waals surface area (Å²) in [6, 6.07) is 16.4. The number of carbonyl (C=O) groups excluding carboxylic acids is 2. The van der Waals surface area contributed by atoms with E-state index in [2.05, 4.69) is 50.0 Å². The van der Waals surface area contributed by atoms with Gasteiger partial charge in [-0.3, -0.25) is 19.4 Å². The second kappa shape index (κ2) is 8.25. The van der Waals surface area contributed by atoms with Crippen molar-refractivity contribution in [1.29, 1.82) is 0 Å². The van der Waals surface area contributed by atoms with Gasteiger partial charge in [0.2, 0.25) is 5.91 Å². The quantitative estimate of drug-likeness (QED) is 0.649. The van der Waals surface area contributed by atoms with Crippen LogP contribution in [0, 0.1) is 0 Å². The number of benzene rings is 2. The minimum atomic E-state index is -0.324. The van der Waals surface area contributed by atoms with Gasteiger partial charge in [0, 0.05) is 36.7 Å². The van der Waals surface area contributed by atoms with Gasteiger partial charge in [0.25, 0.3) is 5.91 Å². The van der Waals surface area contributed by atoms with Gasteiger partial charge in [0.1, 0.15) is 0 Å². The molecule has 30 heavy (non-hydrogen) atoms. The van der Waals surface area contributed by atoms with Gasteiger partial charge in [0.15, 0.2) is 0 Å². The van der Waals surface area contributed by atoms with Gasteiger partial charge in [0.05, 0.1) is 18.2 Å². The van der Waals surface area contributed by atoms with Crippen LogP contribution in [0.5, 0.6) is 0 Å². The zero-order valence-electron chi connectivity index (χ0n) is 17.0. The van der Waals surface area contributed by atoms with Crippen molar-refractivity contribution in [3.63, 3.8) is 0 Å². The van der Waals surface area contributed by atoms with Crippen LogP contribution in [0.2, 0.25) is 0 Å². The number of nitrogens with zero attached hydrogens (tertiary/aromatic N) is 3. The number of aryl methyl sites for hydroxylation is 1. The summed E-state index contributed by atoms with van der Waals surface area (Å²) >= 11 is 3.40. The van der Waals surface area contributed by atoms with Crippen LogP contribution in [-0.4, -0.2) is 59.9 Å². The van der Waals surface area contributed by atoms with E-state index in [9.17, 15) is 9.59 Å². The van der Waals surface area contributed by atoms with E-state index in [-0.39, 0.29) is 24.3 Å². The summed E-state index contributed by atoms with van der Waals surface area (Å²) in [7, 11) is 0. The van der Waals surface area contributed by atoms with Crippen molar-refractivity contribution >= 4 is 33.4 Å². The lowest BCUT2D eigenvalue weighted by molar-refractivity contribution is -0.123.